The SMILES string of the molecule is Cn1cc(Br)cc1C(=O)Nc1ccccc1C(N)=O. The minimum atomic E-state index is -0.580. The van der Waals surface area contributed by atoms with Gasteiger partial charge in [0.25, 0.3) is 11.8 Å². The van der Waals surface area contributed by atoms with Crippen molar-refractivity contribution in [3.63, 3.8) is 0 Å². The fourth-order valence-corrected chi connectivity index (χ4v) is 2.27. The summed E-state index contributed by atoms with van der Waals surface area (Å²) in [6.45, 7) is 0. The molecule has 5 nitrogen and oxygen atoms in total. The van der Waals surface area contributed by atoms with Crippen LogP contribution in [0.1, 0.15) is 20.8 Å². The van der Waals surface area contributed by atoms with E-state index in [0.29, 0.717) is 11.4 Å². The van der Waals surface area contributed by atoms with Gasteiger partial charge in [-0.3, -0.25) is 9.59 Å². The van der Waals surface area contributed by atoms with E-state index in [2.05, 4.69) is 21.2 Å². The summed E-state index contributed by atoms with van der Waals surface area (Å²) in [5.41, 5.74) is 6.42. The number of hydrogen-bond acceptors (Lipinski definition) is 2. The molecule has 0 aliphatic heterocycles. The number of nitrogens with one attached hydrogen (secondary N) is 1. The molecule has 1 aromatic carbocycles. The number of nitrogens with zero attached hydrogens (tertiary/aromatic N) is 1. The standard InChI is InChI=1S/C13H12BrN3O2/c1-17-7-8(14)6-11(17)13(19)16-10-5-3-2-4-9(10)12(15)18/h2-7H,1H3,(H2,15,18)(H,16,19). The van der Waals surface area contributed by atoms with Gasteiger partial charge in [-0.1, -0.05) is 12.1 Å². The zero-order chi connectivity index (χ0) is 14.0. The van der Waals surface area contributed by atoms with E-state index < -0.39 is 5.91 Å². The van der Waals surface area contributed by atoms with Crippen LogP contribution in [0.25, 0.3) is 0 Å². The fraction of sp³-hybridized carbons (Fsp3) is 0.0769. The predicted octanol–water partition coefficient (Wildman–Crippen LogP) is 2.14. The highest BCUT2D eigenvalue weighted by atomic mass is 79.9. The maximum absolute atomic E-state index is 12.1. The molecule has 6 heteroatoms. The highest BCUT2D eigenvalue weighted by Crippen LogP contribution is 2.18. The van der Waals surface area contributed by atoms with Crippen LogP contribution in [-0.2, 0) is 7.05 Å². The van der Waals surface area contributed by atoms with Crippen molar-refractivity contribution in [1.82, 2.24) is 4.57 Å². The first-order valence-corrected chi connectivity index (χ1v) is 6.30. The Morgan fingerprint density at radius 3 is 2.58 bits per heavy atom. The molecule has 0 spiro atoms. The van der Waals surface area contributed by atoms with Gasteiger partial charge in [-0.25, -0.2) is 0 Å². The number of anilines is 1. The molecule has 0 aliphatic carbocycles. The lowest BCUT2D eigenvalue weighted by molar-refractivity contribution is 0.100. The van der Waals surface area contributed by atoms with E-state index in [0.717, 1.165) is 4.47 Å². The predicted molar refractivity (Wildman–Crippen MR) is 76.0 cm³/mol. The van der Waals surface area contributed by atoms with Gasteiger partial charge in [0.15, 0.2) is 0 Å². The van der Waals surface area contributed by atoms with Gasteiger partial charge in [-0.2, -0.15) is 0 Å². The Bertz CT molecular complexity index is 649. The Hall–Kier alpha value is -2.08. The summed E-state index contributed by atoms with van der Waals surface area (Å²) in [5, 5.41) is 2.68. The van der Waals surface area contributed by atoms with E-state index in [9.17, 15) is 9.59 Å². The molecule has 0 saturated carbocycles. The van der Waals surface area contributed by atoms with Crippen LogP contribution in [0.2, 0.25) is 0 Å². The van der Waals surface area contributed by atoms with Crippen molar-refractivity contribution in [2.75, 3.05) is 5.32 Å². The summed E-state index contributed by atoms with van der Waals surface area (Å²) in [7, 11) is 1.76. The van der Waals surface area contributed by atoms with E-state index in [1.807, 2.05) is 0 Å². The van der Waals surface area contributed by atoms with Crippen molar-refractivity contribution in [1.29, 1.82) is 0 Å². The molecule has 0 fully saturated rings. The molecule has 2 aromatic rings. The summed E-state index contributed by atoms with van der Waals surface area (Å²) in [4.78, 5) is 23.4. The average molecular weight is 322 g/mol. The van der Waals surface area contributed by atoms with E-state index in [4.69, 9.17) is 5.73 Å². The van der Waals surface area contributed by atoms with E-state index in [1.165, 1.54) is 0 Å². The third-order valence-corrected chi connectivity index (χ3v) is 3.08. The van der Waals surface area contributed by atoms with Crippen LogP contribution in [0.4, 0.5) is 5.69 Å². The Morgan fingerprint density at radius 2 is 2.00 bits per heavy atom. The Balaban J connectivity index is 2.29. The number of aromatic nitrogens is 1. The Morgan fingerprint density at radius 1 is 1.32 bits per heavy atom. The molecule has 2 amide bonds. The quantitative estimate of drug-likeness (QED) is 0.908. The number of carbonyl (C=O) groups excluding carboxylic acids is 2. The number of halogens is 1. The Labute approximate surface area is 118 Å². The third-order valence-electron chi connectivity index (χ3n) is 2.64. The van der Waals surface area contributed by atoms with Crippen LogP contribution in [0.15, 0.2) is 41.0 Å². The van der Waals surface area contributed by atoms with Gasteiger partial charge in [-0.05, 0) is 34.1 Å². The average Bonchev–Trinajstić information content (AvgIpc) is 2.69. The molecule has 0 atom stereocenters. The van der Waals surface area contributed by atoms with Crippen LogP contribution in [0.5, 0.6) is 0 Å². The van der Waals surface area contributed by atoms with Gasteiger partial charge < -0.3 is 15.6 Å². The molecule has 19 heavy (non-hydrogen) atoms. The van der Waals surface area contributed by atoms with Crippen LogP contribution >= 0.6 is 15.9 Å². The lowest BCUT2D eigenvalue weighted by Gasteiger charge is -2.09. The third kappa shape index (κ3) is 2.85. The number of hydrogen-bond donors (Lipinski definition) is 2. The topological polar surface area (TPSA) is 77.1 Å². The molecule has 1 aromatic heterocycles. The maximum Gasteiger partial charge on any atom is 0.272 e. The van der Waals surface area contributed by atoms with Crippen molar-refractivity contribution in [2.24, 2.45) is 12.8 Å². The summed E-state index contributed by atoms with van der Waals surface area (Å²) in [6.07, 6.45) is 1.77. The molecule has 1 heterocycles. The largest absolute Gasteiger partial charge is 0.366 e. The van der Waals surface area contributed by atoms with Crippen molar-refractivity contribution < 1.29 is 9.59 Å². The zero-order valence-electron chi connectivity index (χ0n) is 10.2. The highest BCUT2D eigenvalue weighted by Gasteiger charge is 2.14. The molecule has 0 radical (unpaired) electrons. The molecule has 0 unspecified atom stereocenters. The van der Waals surface area contributed by atoms with Crippen LogP contribution < -0.4 is 11.1 Å². The number of carbonyl (C=O) groups is 2. The first-order valence-electron chi connectivity index (χ1n) is 5.51. The molecular formula is C13H12BrN3O2. The molecule has 0 bridgehead atoms. The smallest absolute Gasteiger partial charge is 0.272 e. The first kappa shape index (κ1) is 13.4. The van der Waals surface area contributed by atoms with Gasteiger partial charge in [0.05, 0.1) is 11.3 Å². The fourth-order valence-electron chi connectivity index (χ4n) is 1.74. The van der Waals surface area contributed by atoms with Crippen LogP contribution in [0, 0.1) is 0 Å². The lowest BCUT2D eigenvalue weighted by Crippen LogP contribution is -2.19. The van der Waals surface area contributed by atoms with E-state index in [-0.39, 0.29) is 11.5 Å². The maximum atomic E-state index is 12.1. The second-order valence-electron chi connectivity index (χ2n) is 4.02. The number of aryl methyl sites for hydroxylation is 1. The van der Waals surface area contributed by atoms with Gasteiger partial charge in [0.1, 0.15) is 5.69 Å². The number of primary amides is 1. The molecule has 98 valence electrons. The number of nitrogens with two attached hydrogens (primary N) is 1. The highest BCUT2D eigenvalue weighted by molar-refractivity contribution is 9.10. The number of para-hydroxylation sites is 1. The van der Waals surface area contributed by atoms with E-state index in [1.54, 1.807) is 48.1 Å². The van der Waals surface area contributed by atoms with Crippen molar-refractivity contribution in [3.8, 4) is 0 Å². The molecular weight excluding hydrogens is 310 g/mol. The zero-order valence-corrected chi connectivity index (χ0v) is 11.8. The molecule has 0 saturated heterocycles. The minimum absolute atomic E-state index is 0.282. The molecule has 3 N–H and O–H groups in total. The van der Waals surface area contributed by atoms with E-state index >= 15 is 0 Å². The molecule has 2 rings (SSSR count). The van der Waals surface area contributed by atoms with Crippen LogP contribution in [0.3, 0.4) is 0 Å². The summed E-state index contributed by atoms with van der Waals surface area (Å²) in [5.74, 6) is -0.883. The lowest BCUT2D eigenvalue weighted by atomic mass is 10.1. The van der Waals surface area contributed by atoms with Gasteiger partial charge >= 0.3 is 0 Å². The number of rotatable bonds is 3. The summed E-state index contributed by atoms with van der Waals surface area (Å²) in [6, 6.07) is 8.31. The number of amides is 2. The molecule has 0 aliphatic rings. The minimum Gasteiger partial charge on any atom is -0.366 e. The van der Waals surface area contributed by atoms with Gasteiger partial charge in [-0.15, -0.1) is 0 Å². The summed E-state index contributed by atoms with van der Waals surface area (Å²) < 4.78 is 2.50. The van der Waals surface area contributed by atoms with Crippen molar-refractivity contribution >= 4 is 33.4 Å². The van der Waals surface area contributed by atoms with Crippen molar-refractivity contribution in [2.45, 2.75) is 0 Å². The Kier molecular flexibility index (Phi) is 3.71. The second kappa shape index (κ2) is 5.27. The normalized spacial score (nSPS) is 10.2. The second-order valence-corrected chi connectivity index (χ2v) is 4.93. The number of benzene rings is 1. The van der Waals surface area contributed by atoms with Crippen LogP contribution in [-0.4, -0.2) is 16.4 Å². The first-order chi connectivity index (χ1) is 8.99. The monoisotopic (exact) mass is 321 g/mol. The van der Waals surface area contributed by atoms with Gasteiger partial charge in [0, 0.05) is 17.7 Å². The van der Waals surface area contributed by atoms with Gasteiger partial charge in [0.2, 0.25) is 0 Å². The summed E-state index contributed by atoms with van der Waals surface area (Å²) >= 11 is 3.30. The van der Waals surface area contributed by atoms with Crippen molar-refractivity contribution in [3.05, 3.63) is 52.3 Å².